The topological polar surface area (TPSA) is 35.5 Å². The minimum Gasteiger partial charge on any atom is -0.483 e. The van der Waals surface area contributed by atoms with Crippen molar-refractivity contribution < 1.29 is 23.0 Å². The van der Waals surface area contributed by atoms with Crippen LogP contribution in [-0.2, 0) is 0 Å². The number of alkyl halides is 2. The fraction of sp³-hybridized carbons (Fsp3) is 0.174. The van der Waals surface area contributed by atoms with E-state index in [9.17, 15) is 13.6 Å². The van der Waals surface area contributed by atoms with Gasteiger partial charge in [0.15, 0.2) is 6.10 Å². The maximum Gasteiger partial charge on any atom is 0.387 e. The first kappa shape index (κ1) is 19.5. The number of aryl methyl sites for hydroxylation is 1. The maximum absolute atomic E-state index is 12.5. The van der Waals surface area contributed by atoms with Gasteiger partial charge in [-0.15, -0.1) is 0 Å². The average molecular weight is 382 g/mol. The summed E-state index contributed by atoms with van der Waals surface area (Å²) >= 11 is 0. The third-order valence-corrected chi connectivity index (χ3v) is 4.29. The van der Waals surface area contributed by atoms with Crippen LogP contribution in [0.4, 0.5) is 8.78 Å². The molecule has 0 radical (unpaired) electrons. The molecule has 28 heavy (non-hydrogen) atoms. The number of ether oxygens (including phenoxy) is 2. The highest BCUT2D eigenvalue weighted by atomic mass is 19.3. The highest BCUT2D eigenvalue weighted by Gasteiger charge is 2.17. The monoisotopic (exact) mass is 382 g/mol. The molecule has 0 spiro atoms. The average Bonchev–Trinajstić information content (AvgIpc) is 2.69. The maximum atomic E-state index is 12.5. The van der Waals surface area contributed by atoms with Gasteiger partial charge in [-0.25, -0.2) is 0 Å². The van der Waals surface area contributed by atoms with Crippen molar-refractivity contribution in [3.8, 4) is 22.6 Å². The summed E-state index contributed by atoms with van der Waals surface area (Å²) in [5.74, 6) is 0.340. The van der Waals surface area contributed by atoms with Crippen LogP contribution in [0.25, 0.3) is 11.1 Å². The molecular formula is C23H20F2O3. The second kappa shape index (κ2) is 8.65. The predicted molar refractivity (Wildman–Crippen MR) is 104 cm³/mol. The van der Waals surface area contributed by atoms with Gasteiger partial charge in [0.05, 0.1) is 0 Å². The van der Waals surface area contributed by atoms with Crippen molar-refractivity contribution in [1.29, 1.82) is 0 Å². The van der Waals surface area contributed by atoms with Gasteiger partial charge in [0, 0.05) is 5.56 Å². The zero-order valence-electron chi connectivity index (χ0n) is 15.6. The molecule has 0 amide bonds. The van der Waals surface area contributed by atoms with E-state index in [1.807, 2.05) is 31.2 Å². The molecular weight excluding hydrogens is 362 g/mol. The van der Waals surface area contributed by atoms with E-state index in [0.29, 0.717) is 11.3 Å². The first-order valence-electron chi connectivity index (χ1n) is 8.85. The number of rotatable bonds is 7. The van der Waals surface area contributed by atoms with Crippen molar-refractivity contribution >= 4 is 5.78 Å². The summed E-state index contributed by atoms with van der Waals surface area (Å²) in [6.07, 6.45) is -0.716. The van der Waals surface area contributed by atoms with Crippen LogP contribution in [0.3, 0.4) is 0 Å². The van der Waals surface area contributed by atoms with E-state index < -0.39 is 12.7 Å². The Bertz CT molecular complexity index is 918. The van der Waals surface area contributed by atoms with Gasteiger partial charge in [-0.2, -0.15) is 8.78 Å². The van der Waals surface area contributed by atoms with Gasteiger partial charge in [0.1, 0.15) is 11.5 Å². The Balaban J connectivity index is 1.64. The lowest BCUT2D eigenvalue weighted by molar-refractivity contribution is -0.0498. The van der Waals surface area contributed by atoms with E-state index >= 15 is 0 Å². The minimum absolute atomic E-state index is 0.00631. The summed E-state index contributed by atoms with van der Waals surface area (Å²) in [5, 5.41) is 0. The van der Waals surface area contributed by atoms with E-state index in [-0.39, 0.29) is 11.5 Å². The highest BCUT2D eigenvalue weighted by molar-refractivity contribution is 5.99. The molecule has 3 nitrogen and oxygen atoms in total. The number of hydrogen-bond donors (Lipinski definition) is 0. The number of carbonyl (C=O) groups excluding carboxylic acids is 1. The van der Waals surface area contributed by atoms with Crippen LogP contribution in [0.1, 0.15) is 22.8 Å². The first-order valence-corrected chi connectivity index (χ1v) is 8.85. The first-order chi connectivity index (χ1) is 13.4. The molecule has 1 atom stereocenters. The predicted octanol–water partition coefficient (Wildman–Crippen LogP) is 5.91. The number of hydrogen-bond acceptors (Lipinski definition) is 3. The number of benzene rings is 3. The Morgan fingerprint density at radius 1 is 0.750 bits per heavy atom. The van der Waals surface area contributed by atoms with Crippen LogP contribution in [0.2, 0.25) is 0 Å². The summed E-state index contributed by atoms with van der Waals surface area (Å²) in [4.78, 5) is 12.5. The van der Waals surface area contributed by atoms with E-state index in [1.54, 1.807) is 6.92 Å². The molecule has 0 unspecified atom stereocenters. The van der Waals surface area contributed by atoms with Gasteiger partial charge in [-0.05, 0) is 61.4 Å². The van der Waals surface area contributed by atoms with E-state index in [0.717, 1.165) is 11.1 Å². The molecule has 3 aromatic rings. The van der Waals surface area contributed by atoms with Gasteiger partial charge < -0.3 is 9.47 Å². The normalized spacial score (nSPS) is 11.9. The fourth-order valence-electron chi connectivity index (χ4n) is 2.76. The lowest BCUT2D eigenvalue weighted by Crippen LogP contribution is -2.23. The summed E-state index contributed by atoms with van der Waals surface area (Å²) in [6.45, 7) is 0.796. The number of halogens is 2. The third kappa shape index (κ3) is 4.94. The molecule has 0 heterocycles. The molecule has 0 aliphatic carbocycles. The van der Waals surface area contributed by atoms with E-state index in [4.69, 9.17) is 4.74 Å². The van der Waals surface area contributed by atoms with Crippen LogP contribution in [-0.4, -0.2) is 18.5 Å². The summed E-state index contributed by atoms with van der Waals surface area (Å²) in [6, 6.07) is 21.3. The molecule has 3 rings (SSSR count). The van der Waals surface area contributed by atoms with Crippen molar-refractivity contribution in [2.75, 3.05) is 0 Å². The Morgan fingerprint density at radius 2 is 1.21 bits per heavy atom. The van der Waals surface area contributed by atoms with Crippen LogP contribution in [0.15, 0.2) is 72.8 Å². The molecule has 5 heteroatoms. The molecule has 0 N–H and O–H groups in total. The van der Waals surface area contributed by atoms with Gasteiger partial charge in [0.25, 0.3) is 0 Å². The smallest absolute Gasteiger partial charge is 0.387 e. The zero-order valence-corrected chi connectivity index (χ0v) is 15.6. The zero-order chi connectivity index (χ0) is 20.1. The SMILES string of the molecule is Cc1ccc(-c2ccc(O[C@@H](C)C(=O)c3ccc(OC(F)F)cc3)cc2)cc1. The fourth-order valence-corrected chi connectivity index (χ4v) is 2.76. The van der Waals surface area contributed by atoms with Gasteiger partial charge in [0.2, 0.25) is 5.78 Å². The Morgan fingerprint density at radius 3 is 1.75 bits per heavy atom. The van der Waals surface area contributed by atoms with Crippen molar-refractivity contribution in [3.63, 3.8) is 0 Å². The van der Waals surface area contributed by atoms with Crippen molar-refractivity contribution in [1.82, 2.24) is 0 Å². The van der Waals surface area contributed by atoms with Crippen molar-refractivity contribution in [2.24, 2.45) is 0 Å². The molecule has 0 saturated heterocycles. The van der Waals surface area contributed by atoms with Crippen LogP contribution in [0.5, 0.6) is 11.5 Å². The van der Waals surface area contributed by atoms with Gasteiger partial charge >= 0.3 is 6.61 Å². The summed E-state index contributed by atoms with van der Waals surface area (Å²) in [5.41, 5.74) is 3.73. The lowest BCUT2D eigenvalue weighted by atomic mass is 10.0. The number of ketones is 1. The van der Waals surface area contributed by atoms with Crippen LogP contribution < -0.4 is 9.47 Å². The Hall–Kier alpha value is -3.21. The molecule has 144 valence electrons. The highest BCUT2D eigenvalue weighted by Crippen LogP contribution is 2.24. The minimum atomic E-state index is -2.90. The molecule has 0 aliphatic rings. The Labute approximate surface area is 162 Å². The molecule has 0 bridgehead atoms. The third-order valence-electron chi connectivity index (χ3n) is 4.29. The molecule has 3 aromatic carbocycles. The van der Waals surface area contributed by atoms with E-state index in [2.05, 4.69) is 29.0 Å². The standard InChI is InChI=1S/C23H20F2O3/c1-15-3-5-17(6-4-15)18-7-11-20(12-8-18)27-16(2)22(26)19-9-13-21(14-10-19)28-23(24)25/h3-14,16,23H,1-2H3/t16-/m0/s1. The molecule has 0 saturated carbocycles. The van der Waals surface area contributed by atoms with E-state index in [1.165, 1.54) is 29.8 Å². The van der Waals surface area contributed by atoms with Gasteiger partial charge in [-0.3, -0.25) is 4.79 Å². The number of carbonyl (C=O) groups is 1. The van der Waals surface area contributed by atoms with Crippen LogP contribution in [0, 0.1) is 6.92 Å². The second-order valence-electron chi connectivity index (χ2n) is 6.42. The van der Waals surface area contributed by atoms with Gasteiger partial charge in [-0.1, -0.05) is 42.0 Å². The molecule has 0 aromatic heterocycles. The summed E-state index contributed by atoms with van der Waals surface area (Å²) in [7, 11) is 0. The summed E-state index contributed by atoms with van der Waals surface area (Å²) < 4.78 is 34.4. The van der Waals surface area contributed by atoms with Crippen molar-refractivity contribution in [3.05, 3.63) is 83.9 Å². The van der Waals surface area contributed by atoms with Crippen LogP contribution >= 0.6 is 0 Å². The number of Topliss-reactive ketones (excluding diaryl/α,β-unsaturated/α-hetero) is 1. The van der Waals surface area contributed by atoms with Crippen molar-refractivity contribution in [2.45, 2.75) is 26.6 Å². The quantitative estimate of drug-likeness (QED) is 0.476. The molecule has 0 fully saturated rings. The largest absolute Gasteiger partial charge is 0.483 e. The lowest BCUT2D eigenvalue weighted by Gasteiger charge is -2.14. The second-order valence-corrected chi connectivity index (χ2v) is 6.42. The Kier molecular flexibility index (Phi) is 6.04. The molecule has 0 aliphatic heterocycles.